The SMILES string of the molecule is CC(C)N1CCN(C(=O)c2ccc(OB(O)O)cc2)CC1. The molecule has 1 heterocycles. The third-order valence-corrected chi connectivity index (χ3v) is 3.67. The summed E-state index contributed by atoms with van der Waals surface area (Å²) in [6.45, 7) is 7.55. The van der Waals surface area contributed by atoms with Gasteiger partial charge in [-0.2, -0.15) is 0 Å². The Balaban J connectivity index is 1.94. The Morgan fingerprint density at radius 3 is 2.19 bits per heavy atom. The fraction of sp³-hybridized carbons (Fsp3) is 0.500. The summed E-state index contributed by atoms with van der Waals surface area (Å²) in [6, 6.07) is 6.88. The van der Waals surface area contributed by atoms with Crippen molar-refractivity contribution in [3.8, 4) is 5.75 Å². The van der Waals surface area contributed by atoms with Crippen LogP contribution in [0.2, 0.25) is 0 Å². The normalized spacial score (nSPS) is 16.1. The third-order valence-electron chi connectivity index (χ3n) is 3.67. The lowest BCUT2D eigenvalue weighted by Gasteiger charge is -2.37. The van der Waals surface area contributed by atoms with E-state index in [1.165, 1.54) is 0 Å². The van der Waals surface area contributed by atoms with Crippen molar-refractivity contribution in [3.05, 3.63) is 29.8 Å². The van der Waals surface area contributed by atoms with Crippen molar-refractivity contribution in [1.82, 2.24) is 9.80 Å². The molecule has 1 amide bonds. The Hall–Kier alpha value is -1.57. The van der Waals surface area contributed by atoms with Gasteiger partial charge in [0.15, 0.2) is 0 Å². The monoisotopic (exact) mass is 292 g/mol. The number of carbonyl (C=O) groups excluding carboxylic acids is 1. The topological polar surface area (TPSA) is 73.2 Å². The summed E-state index contributed by atoms with van der Waals surface area (Å²) in [5.74, 6) is 0.306. The van der Waals surface area contributed by atoms with Crippen molar-refractivity contribution < 1.29 is 19.5 Å². The number of carbonyl (C=O) groups is 1. The zero-order valence-electron chi connectivity index (χ0n) is 12.4. The molecule has 1 aliphatic rings. The van der Waals surface area contributed by atoms with E-state index in [0.717, 1.165) is 26.2 Å². The van der Waals surface area contributed by atoms with Crippen LogP contribution >= 0.6 is 0 Å². The van der Waals surface area contributed by atoms with Gasteiger partial charge in [-0.3, -0.25) is 9.69 Å². The molecule has 7 heteroatoms. The van der Waals surface area contributed by atoms with Crippen molar-refractivity contribution in [2.75, 3.05) is 26.2 Å². The predicted octanol–water partition coefficient (Wildman–Crippen LogP) is 0.201. The molecule has 1 aromatic rings. The lowest BCUT2D eigenvalue weighted by Crippen LogP contribution is -2.50. The van der Waals surface area contributed by atoms with E-state index in [9.17, 15) is 4.79 Å². The standard InChI is InChI=1S/C14H21BN2O4/c1-11(2)16-7-9-17(10-8-16)14(18)12-3-5-13(6-4-12)21-15(19)20/h3-6,11,19-20H,7-10H2,1-2H3. The molecular weight excluding hydrogens is 271 g/mol. The second-order valence-corrected chi connectivity index (χ2v) is 5.39. The van der Waals surface area contributed by atoms with E-state index in [0.29, 0.717) is 17.4 Å². The first-order chi connectivity index (χ1) is 9.97. The van der Waals surface area contributed by atoms with Crippen molar-refractivity contribution >= 4 is 13.2 Å². The molecule has 1 fully saturated rings. The number of piperazine rings is 1. The molecule has 1 saturated heterocycles. The smallest absolute Gasteiger partial charge is 0.512 e. The van der Waals surface area contributed by atoms with Crippen LogP contribution in [0.5, 0.6) is 5.75 Å². The molecule has 0 aliphatic carbocycles. The summed E-state index contributed by atoms with van der Waals surface area (Å²) < 4.78 is 4.71. The molecule has 114 valence electrons. The zero-order chi connectivity index (χ0) is 15.4. The molecule has 6 nitrogen and oxygen atoms in total. The van der Waals surface area contributed by atoms with Gasteiger partial charge in [-0.1, -0.05) is 0 Å². The van der Waals surface area contributed by atoms with Gasteiger partial charge in [0.2, 0.25) is 0 Å². The maximum Gasteiger partial charge on any atom is 0.707 e. The van der Waals surface area contributed by atoms with Crippen LogP contribution in [-0.4, -0.2) is 65.3 Å². The molecule has 0 bridgehead atoms. The van der Waals surface area contributed by atoms with Gasteiger partial charge in [-0.15, -0.1) is 0 Å². The van der Waals surface area contributed by atoms with Gasteiger partial charge in [0, 0.05) is 37.8 Å². The molecule has 1 aliphatic heterocycles. The minimum Gasteiger partial charge on any atom is -0.512 e. The first kappa shape index (κ1) is 15.8. The third kappa shape index (κ3) is 4.20. The fourth-order valence-electron chi connectivity index (χ4n) is 2.42. The van der Waals surface area contributed by atoms with E-state index in [-0.39, 0.29) is 5.91 Å². The van der Waals surface area contributed by atoms with Gasteiger partial charge in [0.1, 0.15) is 5.75 Å². The summed E-state index contributed by atoms with van der Waals surface area (Å²) in [5, 5.41) is 17.4. The molecule has 1 aromatic carbocycles. The van der Waals surface area contributed by atoms with Crippen LogP contribution in [0.15, 0.2) is 24.3 Å². The van der Waals surface area contributed by atoms with Crippen LogP contribution in [-0.2, 0) is 0 Å². The minimum atomic E-state index is -1.85. The van der Waals surface area contributed by atoms with Gasteiger partial charge in [0.25, 0.3) is 5.91 Å². The van der Waals surface area contributed by atoms with E-state index in [1.807, 2.05) is 4.90 Å². The Kier molecular flexibility index (Phi) is 5.22. The van der Waals surface area contributed by atoms with Gasteiger partial charge in [0.05, 0.1) is 0 Å². The van der Waals surface area contributed by atoms with Crippen LogP contribution < -0.4 is 4.65 Å². The molecule has 0 unspecified atom stereocenters. The highest BCUT2D eigenvalue weighted by atomic mass is 16.6. The molecule has 0 spiro atoms. The van der Waals surface area contributed by atoms with Crippen LogP contribution in [0.1, 0.15) is 24.2 Å². The average molecular weight is 292 g/mol. The average Bonchev–Trinajstić information content (AvgIpc) is 2.47. The maximum atomic E-state index is 12.4. The summed E-state index contributed by atoms with van der Waals surface area (Å²) in [6.07, 6.45) is 0. The summed E-state index contributed by atoms with van der Waals surface area (Å²) >= 11 is 0. The Morgan fingerprint density at radius 1 is 1.14 bits per heavy atom. The first-order valence-corrected chi connectivity index (χ1v) is 7.13. The highest BCUT2D eigenvalue weighted by molar-refractivity contribution is 6.33. The van der Waals surface area contributed by atoms with E-state index in [2.05, 4.69) is 18.7 Å². The van der Waals surface area contributed by atoms with Gasteiger partial charge in [-0.05, 0) is 38.1 Å². The van der Waals surface area contributed by atoms with Crippen LogP contribution in [0.3, 0.4) is 0 Å². The number of hydrogen-bond acceptors (Lipinski definition) is 5. The molecule has 0 radical (unpaired) electrons. The van der Waals surface area contributed by atoms with Gasteiger partial charge in [-0.25, -0.2) is 0 Å². The fourth-order valence-corrected chi connectivity index (χ4v) is 2.42. The second-order valence-electron chi connectivity index (χ2n) is 5.39. The molecule has 0 aromatic heterocycles. The first-order valence-electron chi connectivity index (χ1n) is 7.13. The Bertz CT molecular complexity index is 470. The van der Waals surface area contributed by atoms with E-state index in [4.69, 9.17) is 14.7 Å². The largest absolute Gasteiger partial charge is 0.707 e. The summed E-state index contributed by atoms with van der Waals surface area (Å²) in [5.41, 5.74) is 0.577. The van der Waals surface area contributed by atoms with Crippen molar-refractivity contribution in [2.45, 2.75) is 19.9 Å². The van der Waals surface area contributed by atoms with Gasteiger partial charge >= 0.3 is 7.32 Å². The Morgan fingerprint density at radius 2 is 1.71 bits per heavy atom. The van der Waals surface area contributed by atoms with Crippen molar-refractivity contribution in [2.24, 2.45) is 0 Å². The van der Waals surface area contributed by atoms with Crippen LogP contribution in [0.25, 0.3) is 0 Å². The predicted molar refractivity (Wildman–Crippen MR) is 79.9 cm³/mol. The number of amides is 1. The molecule has 0 saturated carbocycles. The highest BCUT2D eigenvalue weighted by Gasteiger charge is 2.23. The maximum absolute atomic E-state index is 12.4. The van der Waals surface area contributed by atoms with Crippen molar-refractivity contribution in [3.63, 3.8) is 0 Å². The summed E-state index contributed by atoms with van der Waals surface area (Å²) in [7, 11) is -1.85. The number of hydrogen-bond donors (Lipinski definition) is 2. The van der Waals surface area contributed by atoms with E-state index < -0.39 is 7.32 Å². The van der Waals surface area contributed by atoms with E-state index in [1.54, 1.807) is 24.3 Å². The number of benzene rings is 1. The molecule has 2 rings (SSSR count). The molecule has 21 heavy (non-hydrogen) atoms. The second kappa shape index (κ2) is 6.93. The molecule has 2 N–H and O–H groups in total. The van der Waals surface area contributed by atoms with Crippen molar-refractivity contribution in [1.29, 1.82) is 0 Å². The highest BCUT2D eigenvalue weighted by Crippen LogP contribution is 2.15. The zero-order valence-corrected chi connectivity index (χ0v) is 12.4. The van der Waals surface area contributed by atoms with Crippen LogP contribution in [0, 0.1) is 0 Å². The van der Waals surface area contributed by atoms with Gasteiger partial charge < -0.3 is 19.6 Å². The molecular formula is C14H21BN2O4. The minimum absolute atomic E-state index is 0.00509. The lowest BCUT2D eigenvalue weighted by molar-refractivity contribution is 0.0595. The molecule has 0 atom stereocenters. The van der Waals surface area contributed by atoms with Crippen LogP contribution in [0.4, 0.5) is 0 Å². The van der Waals surface area contributed by atoms with E-state index >= 15 is 0 Å². The summed E-state index contributed by atoms with van der Waals surface area (Å²) in [4.78, 5) is 16.6. The quantitative estimate of drug-likeness (QED) is 0.776. The lowest BCUT2D eigenvalue weighted by atomic mass is 10.1. The Labute approximate surface area is 125 Å². The number of rotatable bonds is 4. The number of nitrogens with zero attached hydrogens (tertiary/aromatic N) is 2.